The molecule has 0 aromatic carbocycles. The van der Waals surface area contributed by atoms with Crippen LogP contribution in [0.4, 0.5) is 0 Å². The van der Waals surface area contributed by atoms with Crippen molar-refractivity contribution in [1.82, 2.24) is 10.0 Å². The molecule has 0 radical (unpaired) electrons. The maximum Gasteiger partial charge on any atom is 0.211 e. The van der Waals surface area contributed by atoms with E-state index in [9.17, 15) is 8.42 Å². The number of nitrogens with one attached hydrogen (secondary N) is 2. The van der Waals surface area contributed by atoms with Gasteiger partial charge in [0.15, 0.2) is 0 Å². The number of sulfonamides is 1. The fourth-order valence-electron chi connectivity index (χ4n) is 1.59. The fraction of sp³-hybridized carbons (Fsp3) is 1.00. The lowest BCUT2D eigenvalue weighted by atomic mass is 10.2. The first-order valence-corrected chi connectivity index (χ1v) is 6.50. The lowest BCUT2D eigenvalue weighted by Gasteiger charge is -2.09. The first-order valence-electron chi connectivity index (χ1n) is 4.85. The smallest absolute Gasteiger partial charge is 0.211 e. The molecule has 1 heterocycles. The monoisotopic (exact) mass is 206 g/mol. The van der Waals surface area contributed by atoms with Gasteiger partial charge in [-0.1, -0.05) is 6.92 Å². The molecule has 1 rings (SSSR count). The van der Waals surface area contributed by atoms with E-state index in [0.29, 0.717) is 12.6 Å². The molecule has 13 heavy (non-hydrogen) atoms. The van der Waals surface area contributed by atoms with Crippen LogP contribution < -0.4 is 10.0 Å². The van der Waals surface area contributed by atoms with Crippen molar-refractivity contribution in [2.24, 2.45) is 0 Å². The molecule has 4 nitrogen and oxygen atoms in total. The molecule has 0 aromatic heterocycles. The van der Waals surface area contributed by atoms with Crippen molar-refractivity contribution in [1.29, 1.82) is 0 Å². The fourth-order valence-corrected chi connectivity index (χ4v) is 2.77. The topological polar surface area (TPSA) is 58.2 Å². The van der Waals surface area contributed by atoms with Crippen LogP contribution in [-0.4, -0.2) is 33.3 Å². The van der Waals surface area contributed by atoms with Crippen LogP contribution in [0.15, 0.2) is 0 Å². The SMILES string of the molecule is CCNS(=O)(=O)CCC1CCCN1. The van der Waals surface area contributed by atoms with Crippen LogP contribution in [-0.2, 0) is 10.0 Å². The molecule has 1 fully saturated rings. The van der Waals surface area contributed by atoms with E-state index in [-0.39, 0.29) is 5.75 Å². The molecule has 0 saturated carbocycles. The first kappa shape index (κ1) is 10.9. The van der Waals surface area contributed by atoms with Gasteiger partial charge in [-0.25, -0.2) is 13.1 Å². The predicted octanol–water partition coefficient (Wildman–Crippen LogP) is 0.0678. The van der Waals surface area contributed by atoms with E-state index in [1.165, 1.54) is 6.42 Å². The predicted molar refractivity (Wildman–Crippen MR) is 53.1 cm³/mol. The van der Waals surface area contributed by atoms with Gasteiger partial charge < -0.3 is 5.32 Å². The Morgan fingerprint density at radius 2 is 2.31 bits per heavy atom. The maximum absolute atomic E-state index is 11.2. The summed E-state index contributed by atoms with van der Waals surface area (Å²) in [5.74, 6) is 0.249. The second-order valence-electron chi connectivity index (χ2n) is 3.40. The van der Waals surface area contributed by atoms with Crippen LogP contribution >= 0.6 is 0 Å². The zero-order chi connectivity index (χ0) is 9.73. The Morgan fingerprint density at radius 1 is 1.54 bits per heavy atom. The summed E-state index contributed by atoms with van der Waals surface area (Å²) in [6.07, 6.45) is 3.02. The van der Waals surface area contributed by atoms with E-state index in [1.807, 2.05) is 0 Å². The molecule has 0 aromatic rings. The zero-order valence-corrected chi connectivity index (χ0v) is 8.86. The Labute approximate surface area is 80.1 Å². The minimum atomic E-state index is -3.01. The van der Waals surface area contributed by atoms with Crippen LogP contribution in [0.25, 0.3) is 0 Å². The summed E-state index contributed by atoms with van der Waals surface area (Å²) in [6.45, 7) is 3.32. The zero-order valence-electron chi connectivity index (χ0n) is 8.04. The molecular formula is C8H18N2O2S. The van der Waals surface area contributed by atoms with Gasteiger partial charge >= 0.3 is 0 Å². The third-order valence-corrected chi connectivity index (χ3v) is 3.76. The molecule has 5 heteroatoms. The van der Waals surface area contributed by atoms with Crippen molar-refractivity contribution in [2.45, 2.75) is 32.2 Å². The highest BCUT2D eigenvalue weighted by Crippen LogP contribution is 2.09. The van der Waals surface area contributed by atoms with Crippen molar-refractivity contribution in [3.63, 3.8) is 0 Å². The largest absolute Gasteiger partial charge is 0.314 e. The molecule has 0 aliphatic carbocycles. The van der Waals surface area contributed by atoms with Gasteiger partial charge in [-0.2, -0.15) is 0 Å². The van der Waals surface area contributed by atoms with Crippen LogP contribution in [0.5, 0.6) is 0 Å². The van der Waals surface area contributed by atoms with Gasteiger partial charge in [0.25, 0.3) is 0 Å². The van der Waals surface area contributed by atoms with Gasteiger partial charge in [0, 0.05) is 12.6 Å². The third-order valence-electron chi connectivity index (χ3n) is 2.26. The van der Waals surface area contributed by atoms with Gasteiger partial charge in [0.1, 0.15) is 0 Å². The first-order chi connectivity index (χ1) is 6.14. The van der Waals surface area contributed by atoms with E-state index in [4.69, 9.17) is 0 Å². The van der Waals surface area contributed by atoms with Gasteiger partial charge in [-0.05, 0) is 25.8 Å². The third kappa shape index (κ3) is 4.06. The molecule has 1 aliphatic rings. The summed E-state index contributed by atoms with van der Waals surface area (Å²) in [7, 11) is -3.01. The molecule has 0 spiro atoms. The van der Waals surface area contributed by atoms with E-state index >= 15 is 0 Å². The Balaban J connectivity index is 2.24. The molecule has 1 saturated heterocycles. The van der Waals surface area contributed by atoms with E-state index < -0.39 is 10.0 Å². The Hall–Kier alpha value is -0.130. The summed E-state index contributed by atoms with van der Waals surface area (Å²) in [5, 5.41) is 3.28. The van der Waals surface area contributed by atoms with Crippen LogP contribution in [0.3, 0.4) is 0 Å². The highest BCUT2D eigenvalue weighted by atomic mass is 32.2. The van der Waals surface area contributed by atoms with Gasteiger partial charge in [-0.15, -0.1) is 0 Å². The summed E-state index contributed by atoms with van der Waals surface area (Å²) >= 11 is 0. The van der Waals surface area contributed by atoms with Crippen LogP contribution in [0.1, 0.15) is 26.2 Å². The second-order valence-corrected chi connectivity index (χ2v) is 5.33. The molecule has 1 unspecified atom stereocenters. The summed E-state index contributed by atoms with van der Waals surface area (Å²) in [6, 6.07) is 0.411. The standard InChI is InChI=1S/C8H18N2O2S/c1-2-10-13(11,12)7-5-8-4-3-6-9-8/h8-10H,2-7H2,1H3. The summed E-state index contributed by atoms with van der Waals surface area (Å²) < 4.78 is 25.0. The minimum absolute atomic E-state index is 0.249. The van der Waals surface area contributed by atoms with Crippen molar-refractivity contribution < 1.29 is 8.42 Å². The average Bonchev–Trinajstić information content (AvgIpc) is 2.52. The molecular weight excluding hydrogens is 188 g/mol. The molecule has 78 valence electrons. The number of hydrogen-bond donors (Lipinski definition) is 2. The van der Waals surface area contributed by atoms with E-state index in [1.54, 1.807) is 6.92 Å². The van der Waals surface area contributed by atoms with Crippen molar-refractivity contribution in [3.05, 3.63) is 0 Å². The van der Waals surface area contributed by atoms with Crippen molar-refractivity contribution in [3.8, 4) is 0 Å². The lowest BCUT2D eigenvalue weighted by molar-refractivity contribution is 0.554. The van der Waals surface area contributed by atoms with Gasteiger partial charge in [0.05, 0.1) is 5.75 Å². The Morgan fingerprint density at radius 3 is 2.85 bits per heavy atom. The molecule has 1 atom stereocenters. The van der Waals surface area contributed by atoms with Crippen molar-refractivity contribution >= 4 is 10.0 Å². The summed E-state index contributed by atoms with van der Waals surface area (Å²) in [4.78, 5) is 0. The molecule has 2 N–H and O–H groups in total. The highest BCUT2D eigenvalue weighted by Gasteiger charge is 2.17. The van der Waals surface area contributed by atoms with Gasteiger partial charge in [0.2, 0.25) is 10.0 Å². The van der Waals surface area contributed by atoms with E-state index in [0.717, 1.165) is 19.4 Å². The summed E-state index contributed by atoms with van der Waals surface area (Å²) in [5.41, 5.74) is 0. The molecule has 1 aliphatic heterocycles. The van der Waals surface area contributed by atoms with E-state index in [2.05, 4.69) is 10.0 Å². The molecule has 0 bridgehead atoms. The van der Waals surface area contributed by atoms with Crippen LogP contribution in [0.2, 0.25) is 0 Å². The Kier molecular flexibility index (Phi) is 4.15. The van der Waals surface area contributed by atoms with Crippen molar-refractivity contribution in [2.75, 3.05) is 18.8 Å². The minimum Gasteiger partial charge on any atom is -0.314 e. The quantitative estimate of drug-likeness (QED) is 0.669. The number of rotatable bonds is 5. The lowest BCUT2D eigenvalue weighted by Crippen LogP contribution is -2.30. The second kappa shape index (κ2) is 4.93. The Bertz CT molecular complexity index is 233. The van der Waals surface area contributed by atoms with Crippen LogP contribution in [0, 0.1) is 0 Å². The highest BCUT2D eigenvalue weighted by molar-refractivity contribution is 7.89. The average molecular weight is 206 g/mol. The normalized spacial score (nSPS) is 23.6. The maximum atomic E-state index is 11.2. The van der Waals surface area contributed by atoms with Gasteiger partial charge in [-0.3, -0.25) is 0 Å². The number of hydrogen-bond acceptors (Lipinski definition) is 3. The molecule has 0 amide bonds.